The van der Waals surface area contributed by atoms with Crippen molar-refractivity contribution in [2.24, 2.45) is 0 Å². The molecular formula is C26H26N8O3. The highest BCUT2D eigenvalue weighted by atomic mass is 16.3. The van der Waals surface area contributed by atoms with Crippen molar-refractivity contribution in [2.75, 3.05) is 44.2 Å². The van der Waals surface area contributed by atoms with Crippen LogP contribution < -0.4 is 4.90 Å². The first kappa shape index (κ1) is 23.0. The van der Waals surface area contributed by atoms with E-state index < -0.39 is 6.10 Å². The number of nitrogens with zero attached hydrogens (tertiary/aromatic N) is 8. The second-order valence-electron chi connectivity index (χ2n) is 9.20. The van der Waals surface area contributed by atoms with Crippen LogP contribution in [0.25, 0.3) is 16.9 Å². The second kappa shape index (κ2) is 9.58. The van der Waals surface area contributed by atoms with E-state index in [4.69, 9.17) is 4.98 Å². The monoisotopic (exact) mass is 498 g/mol. The zero-order chi connectivity index (χ0) is 25.4. The van der Waals surface area contributed by atoms with Crippen LogP contribution >= 0.6 is 0 Å². The summed E-state index contributed by atoms with van der Waals surface area (Å²) in [6.07, 6.45) is 4.83. The molecule has 0 bridgehead atoms. The number of carbonyl (C=O) groups is 2. The minimum Gasteiger partial charge on any atom is -0.391 e. The van der Waals surface area contributed by atoms with E-state index in [1.807, 2.05) is 41.3 Å². The van der Waals surface area contributed by atoms with Crippen molar-refractivity contribution in [3.05, 3.63) is 72.4 Å². The van der Waals surface area contributed by atoms with Crippen molar-refractivity contribution < 1.29 is 14.7 Å². The van der Waals surface area contributed by atoms with E-state index in [9.17, 15) is 14.7 Å². The number of β-amino-alcohol motifs (C(OH)–C–C–N with tert-alkyl or cyclic N) is 1. The SMILES string of the molecule is O=C(c1cnc(N2CCN(C(=O)c3c(-c4ccccc4)nc4cccnn34)CC2)cn1)N1CCC(O)C1. The highest BCUT2D eigenvalue weighted by molar-refractivity contribution is 5.99. The quantitative estimate of drug-likeness (QED) is 0.448. The third kappa shape index (κ3) is 4.38. The number of hydrogen-bond donors (Lipinski definition) is 1. The highest BCUT2D eigenvalue weighted by Crippen LogP contribution is 2.26. The third-order valence-corrected chi connectivity index (χ3v) is 6.84. The molecule has 1 N–H and O–H groups in total. The summed E-state index contributed by atoms with van der Waals surface area (Å²) in [5.74, 6) is 0.318. The Labute approximate surface area is 213 Å². The van der Waals surface area contributed by atoms with Gasteiger partial charge in [-0.05, 0) is 18.6 Å². The topological polar surface area (TPSA) is 120 Å². The van der Waals surface area contributed by atoms with Crippen LogP contribution in [0, 0.1) is 0 Å². The lowest BCUT2D eigenvalue weighted by molar-refractivity contribution is 0.0736. The van der Waals surface area contributed by atoms with E-state index in [1.165, 1.54) is 6.20 Å². The van der Waals surface area contributed by atoms with Gasteiger partial charge in [0, 0.05) is 51.0 Å². The maximum Gasteiger partial charge on any atom is 0.275 e. The molecule has 11 nitrogen and oxygen atoms in total. The Morgan fingerprint density at radius 2 is 1.68 bits per heavy atom. The zero-order valence-corrected chi connectivity index (χ0v) is 20.1. The van der Waals surface area contributed by atoms with Crippen LogP contribution in [-0.2, 0) is 0 Å². The standard InChI is InChI=1S/C26H26N8O3/c35-19-8-10-33(17-19)25(36)20-15-28-22(16-27-20)31-11-13-32(14-12-31)26(37)24-23(18-5-2-1-3-6-18)30-21-7-4-9-29-34(21)24/h1-7,9,15-16,19,35H,8,10-14,17H2. The van der Waals surface area contributed by atoms with Gasteiger partial charge in [0.05, 0.1) is 18.5 Å². The average Bonchev–Trinajstić information content (AvgIpc) is 3.57. The molecule has 1 aromatic carbocycles. The fraction of sp³-hybridized carbons (Fsp3) is 0.308. The predicted octanol–water partition coefficient (Wildman–Crippen LogP) is 1.36. The van der Waals surface area contributed by atoms with Gasteiger partial charge in [-0.3, -0.25) is 9.59 Å². The average molecular weight is 499 g/mol. The van der Waals surface area contributed by atoms with E-state index in [-0.39, 0.29) is 17.5 Å². The van der Waals surface area contributed by atoms with Crippen LogP contribution in [0.4, 0.5) is 5.82 Å². The Kier molecular flexibility index (Phi) is 5.97. The summed E-state index contributed by atoms with van der Waals surface area (Å²) in [5, 5.41) is 14.1. The van der Waals surface area contributed by atoms with Gasteiger partial charge in [-0.1, -0.05) is 30.3 Å². The number of amides is 2. The molecule has 0 aliphatic carbocycles. The van der Waals surface area contributed by atoms with Crippen molar-refractivity contribution >= 4 is 23.3 Å². The maximum atomic E-state index is 13.7. The molecule has 0 radical (unpaired) electrons. The molecule has 2 aliphatic rings. The largest absolute Gasteiger partial charge is 0.391 e. The van der Waals surface area contributed by atoms with Crippen molar-refractivity contribution in [3.63, 3.8) is 0 Å². The predicted molar refractivity (Wildman–Crippen MR) is 135 cm³/mol. The molecule has 188 valence electrons. The number of anilines is 1. The molecule has 2 amide bonds. The number of benzene rings is 1. The van der Waals surface area contributed by atoms with E-state index in [1.54, 1.807) is 27.9 Å². The summed E-state index contributed by atoms with van der Waals surface area (Å²) >= 11 is 0. The Morgan fingerprint density at radius 3 is 2.38 bits per heavy atom. The number of carbonyl (C=O) groups excluding carboxylic acids is 2. The molecule has 2 fully saturated rings. The third-order valence-electron chi connectivity index (χ3n) is 6.84. The molecule has 4 aromatic rings. The van der Waals surface area contributed by atoms with Gasteiger partial charge in [0.15, 0.2) is 11.3 Å². The smallest absolute Gasteiger partial charge is 0.275 e. The Bertz CT molecular complexity index is 1430. The van der Waals surface area contributed by atoms with Crippen LogP contribution in [0.5, 0.6) is 0 Å². The first-order chi connectivity index (χ1) is 18.1. The van der Waals surface area contributed by atoms with Gasteiger partial charge in [-0.2, -0.15) is 5.10 Å². The molecule has 2 saturated heterocycles. The second-order valence-corrected chi connectivity index (χ2v) is 9.20. The van der Waals surface area contributed by atoms with Gasteiger partial charge in [0.2, 0.25) is 0 Å². The molecule has 5 heterocycles. The lowest BCUT2D eigenvalue weighted by atomic mass is 10.1. The normalized spacial score (nSPS) is 18.0. The Hall–Kier alpha value is -4.38. The zero-order valence-electron chi connectivity index (χ0n) is 20.1. The fourth-order valence-corrected chi connectivity index (χ4v) is 4.85. The van der Waals surface area contributed by atoms with Crippen LogP contribution in [0.3, 0.4) is 0 Å². The van der Waals surface area contributed by atoms with E-state index in [0.29, 0.717) is 68.5 Å². The number of aliphatic hydroxyl groups is 1. The molecule has 11 heteroatoms. The number of aromatic nitrogens is 5. The summed E-state index contributed by atoms with van der Waals surface area (Å²) in [7, 11) is 0. The molecule has 1 unspecified atom stereocenters. The van der Waals surface area contributed by atoms with Crippen molar-refractivity contribution in [1.82, 2.24) is 34.4 Å². The van der Waals surface area contributed by atoms with Crippen molar-refractivity contribution in [3.8, 4) is 11.3 Å². The maximum absolute atomic E-state index is 13.7. The van der Waals surface area contributed by atoms with Crippen LogP contribution in [0.2, 0.25) is 0 Å². The van der Waals surface area contributed by atoms with Gasteiger partial charge in [-0.25, -0.2) is 19.5 Å². The first-order valence-electron chi connectivity index (χ1n) is 12.3. The number of imidazole rings is 1. The van der Waals surface area contributed by atoms with Crippen LogP contribution in [0.15, 0.2) is 61.1 Å². The van der Waals surface area contributed by atoms with Gasteiger partial charge < -0.3 is 19.8 Å². The summed E-state index contributed by atoms with van der Waals surface area (Å²) in [5.41, 5.74) is 2.81. The van der Waals surface area contributed by atoms with Gasteiger partial charge in [-0.15, -0.1) is 0 Å². The first-order valence-corrected chi connectivity index (χ1v) is 12.3. The molecule has 1 atom stereocenters. The van der Waals surface area contributed by atoms with Crippen molar-refractivity contribution in [2.45, 2.75) is 12.5 Å². The van der Waals surface area contributed by atoms with Crippen LogP contribution in [-0.4, -0.2) is 96.7 Å². The number of piperazine rings is 1. The fourth-order valence-electron chi connectivity index (χ4n) is 4.85. The Balaban J connectivity index is 1.17. The molecule has 0 spiro atoms. The van der Waals surface area contributed by atoms with Gasteiger partial charge >= 0.3 is 0 Å². The molecule has 37 heavy (non-hydrogen) atoms. The number of rotatable bonds is 4. The minimum atomic E-state index is -0.477. The summed E-state index contributed by atoms with van der Waals surface area (Å²) in [4.78, 5) is 45.2. The van der Waals surface area contributed by atoms with Gasteiger partial charge in [0.1, 0.15) is 17.2 Å². The highest BCUT2D eigenvalue weighted by Gasteiger charge is 2.30. The summed E-state index contributed by atoms with van der Waals surface area (Å²) in [6.45, 7) is 3.01. The molecule has 6 rings (SSSR count). The lowest BCUT2D eigenvalue weighted by Gasteiger charge is -2.35. The van der Waals surface area contributed by atoms with E-state index in [0.717, 1.165) is 5.56 Å². The number of hydrogen-bond acceptors (Lipinski definition) is 8. The summed E-state index contributed by atoms with van der Waals surface area (Å²) < 4.78 is 1.61. The summed E-state index contributed by atoms with van der Waals surface area (Å²) in [6, 6.07) is 13.3. The van der Waals surface area contributed by atoms with Crippen molar-refractivity contribution in [1.29, 1.82) is 0 Å². The molecule has 2 aliphatic heterocycles. The number of aliphatic hydroxyl groups excluding tert-OH is 1. The van der Waals surface area contributed by atoms with E-state index in [2.05, 4.69) is 20.0 Å². The Morgan fingerprint density at radius 1 is 0.865 bits per heavy atom. The van der Waals surface area contributed by atoms with E-state index >= 15 is 0 Å². The molecule has 3 aromatic heterocycles. The van der Waals surface area contributed by atoms with Crippen LogP contribution in [0.1, 0.15) is 27.4 Å². The number of fused-ring (bicyclic) bond motifs is 1. The molecule has 0 saturated carbocycles. The minimum absolute atomic E-state index is 0.121. The lowest BCUT2D eigenvalue weighted by Crippen LogP contribution is -2.49. The molecular weight excluding hydrogens is 472 g/mol. The van der Waals surface area contributed by atoms with Gasteiger partial charge in [0.25, 0.3) is 11.8 Å². The number of likely N-dealkylation sites (tertiary alicyclic amines) is 1.